The lowest BCUT2D eigenvalue weighted by atomic mass is 10.1. The Hall–Kier alpha value is -1.92. The zero-order valence-electron chi connectivity index (χ0n) is 11.4. The van der Waals surface area contributed by atoms with Crippen LogP contribution in [0.4, 0.5) is 5.69 Å². The Morgan fingerprint density at radius 1 is 1.40 bits per heavy atom. The molecule has 1 aliphatic rings. The highest BCUT2D eigenvalue weighted by Crippen LogP contribution is 2.36. The summed E-state index contributed by atoms with van der Waals surface area (Å²) < 4.78 is 1.68. The van der Waals surface area contributed by atoms with Crippen molar-refractivity contribution in [2.75, 3.05) is 12.4 Å². The molecule has 0 fully saturated rings. The third kappa shape index (κ3) is 1.88. The van der Waals surface area contributed by atoms with E-state index in [2.05, 4.69) is 20.7 Å². The Kier molecular flexibility index (Phi) is 2.99. The fraction of sp³-hybridized carbons (Fsp3) is 0.308. The Balaban J connectivity index is 2.15. The third-order valence-corrected chi connectivity index (χ3v) is 3.64. The molecule has 0 spiro atoms. The van der Waals surface area contributed by atoms with E-state index in [1.165, 1.54) is 0 Å². The van der Waals surface area contributed by atoms with E-state index in [9.17, 15) is 4.79 Å². The lowest BCUT2D eigenvalue weighted by molar-refractivity contribution is -0.117. The first-order chi connectivity index (χ1) is 9.51. The van der Waals surface area contributed by atoms with Crippen LogP contribution in [0.2, 0.25) is 5.02 Å². The zero-order valence-corrected chi connectivity index (χ0v) is 12.1. The van der Waals surface area contributed by atoms with E-state index < -0.39 is 0 Å². The molecular weight excluding hydrogens is 278 g/mol. The van der Waals surface area contributed by atoms with E-state index in [4.69, 9.17) is 11.6 Å². The number of nitrogens with zero attached hydrogens (tertiary/aromatic N) is 3. The van der Waals surface area contributed by atoms with E-state index in [0.717, 1.165) is 17.1 Å². The largest absolute Gasteiger partial charge is 0.324 e. The summed E-state index contributed by atoms with van der Waals surface area (Å²) in [5.41, 5.74) is 2.31. The molecule has 3 rings (SSSR count). The Labute approximate surface area is 121 Å². The molecule has 0 bridgehead atoms. The highest BCUT2D eigenvalue weighted by molar-refractivity contribution is 6.32. The number of rotatable bonds is 2. The van der Waals surface area contributed by atoms with Crippen molar-refractivity contribution in [3.8, 4) is 5.69 Å². The summed E-state index contributed by atoms with van der Waals surface area (Å²) in [6, 6.07) is 3.26. The average Bonchev–Trinajstić information content (AvgIpc) is 2.87. The topological polar surface area (TPSA) is 71.8 Å². The summed E-state index contributed by atoms with van der Waals surface area (Å²) in [5, 5.41) is 10.7. The van der Waals surface area contributed by atoms with Crippen LogP contribution in [0.1, 0.15) is 23.3 Å². The second-order valence-electron chi connectivity index (χ2n) is 4.72. The molecule has 1 aliphatic heterocycles. The van der Waals surface area contributed by atoms with Gasteiger partial charge in [0.05, 0.1) is 10.7 Å². The number of benzene rings is 1. The van der Waals surface area contributed by atoms with E-state index in [1.807, 2.05) is 19.9 Å². The lowest BCUT2D eigenvalue weighted by Gasteiger charge is -2.10. The van der Waals surface area contributed by atoms with Crippen molar-refractivity contribution in [1.82, 2.24) is 20.1 Å². The average molecular weight is 292 g/mol. The van der Waals surface area contributed by atoms with E-state index in [1.54, 1.807) is 17.8 Å². The molecular formula is C13H14ClN5O. The summed E-state index contributed by atoms with van der Waals surface area (Å²) in [4.78, 5) is 16.1. The van der Waals surface area contributed by atoms with Crippen molar-refractivity contribution in [2.24, 2.45) is 0 Å². The fourth-order valence-corrected chi connectivity index (χ4v) is 2.72. The Bertz CT molecular complexity index is 709. The Morgan fingerprint density at radius 2 is 2.15 bits per heavy atom. The van der Waals surface area contributed by atoms with Gasteiger partial charge >= 0.3 is 0 Å². The SMILES string of the molecule is CNC1C(=O)Nc2cc(-n3nc(C)nc3C)c(Cl)cc21. The number of hydrogen-bond donors (Lipinski definition) is 2. The van der Waals surface area contributed by atoms with Crippen molar-refractivity contribution in [3.63, 3.8) is 0 Å². The van der Waals surface area contributed by atoms with Crippen LogP contribution in [0.25, 0.3) is 5.69 Å². The van der Waals surface area contributed by atoms with Gasteiger partial charge in [0.15, 0.2) is 0 Å². The quantitative estimate of drug-likeness (QED) is 0.884. The fourth-order valence-electron chi connectivity index (χ4n) is 2.47. The molecule has 6 nitrogen and oxygen atoms in total. The van der Waals surface area contributed by atoms with Crippen LogP contribution in [0, 0.1) is 13.8 Å². The van der Waals surface area contributed by atoms with Crippen LogP contribution in [0.5, 0.6) is 0 Å². The molecule has 2 N–H and O–H groups in total. The number of anilines is 1. The molecule has 1 unspecified atom stereocenters. The zero-order chi connectivity index (χ0) is 14.4. The number of amides is 1. The predicted octanol–water partition coefficient (Wildman–Crippen LogP) is 1.75. The van der Waals surface area contributed by atoms with Gasteiger partial charge in [0.25, 0.3) is 0 Å². The van der Waals surface area contributed by atoms with E-state index >= 15 is 0 Å². The number of nitrogens with one attached hydrogen (secondary N) is 2. The molecule has 1 aromatic heterocycles. The maximum atomic E-state index is 11.8. The maximum Gasteiger partial charge on any atom is 0.246 e. The van der Waals surface area contributed by atoms with Gasteiger partial charge in [0, 0.05) is 11.3 Å². The molecule has 104 valence electrons. The number of carbonyl (C=O) groups excluding carboxylic acids is 1. The van der Waals surface area contributed by atoms with Crippen molar-refractivity contribution in [3.05, 3.63) is 34.4 Å². The summed E-state index contributed by atoms with van der Waals surface area (Å²) in [7, 11) is 1.74. The number of aromatic nitrogens is 3. The van der Waals surface area contributed by atoms with Crippen LogP contribution < -0.4 is 10.6 Å². The molecule has 0 saturated heterocycles. The number of fused-ring (bicyclic) bond motifs is 1. The normalized spacial score (nSPS) is 17.2. The predicted molar refractivity (Wildman–Crippen MR) is 76.3 cm³/mol. The summed E-state index contributed by atoms with van der Waals surface area (Å²) >= 11 is 6.34. The minimum absolute atomic E-state index is 0.0813. The molecule has 1 atom stereocenters. The van der Waals surface area contributed by atoms with Gasteiger partial charge in [-0.3, -0.25) is 4.79 Å². The number of hydrogen-bond acceptors (Lipinski definition) is 4. The molecule has 2 heterocycles. The Morgan fingerprint density at radius 3 is 2.75 bits per heavy atom. The third-order valence-electron chi connectivity index (χ3n) is 3.34. The second kappa shape index (κ2) is 4.57. The van der Waals surface area contributed by atoms with Crippen LogP contribution in [0.3, 0.4) is 0 Å². The van der Waals surface area contributed by atoms with Crippen LogP contribution in [-0.4, -0.2) is 27.7 Å². The molecule has 2 aromatic rings. The molecule has 0 radical (unpaired) electrons. The number of carbonyl (C=O) groups is 1. The van der Waals surface area contributed by atoms with Crippen LogP contribution in [-0.2, 0) is 4.79 Å². The van der Waals surface area contributed by atoms with Gasteiger partial charge in [-0.15, -0.1) is 0 Å². The first-order valence-electron chi connectivity index (χ1n) is 6.23. The summed E-state index contributed by atoms with van der Waals surface area (Å²) in [6.07, 6.45) is 0. The molecule has 1 amide bonds. The molecule has 0 aliphatic carbocycles. The van der Waals surface area contributed by atoms with Gasteiger partial charge in [-0.1, -0.05) is 11.6 Å². The summed E-state index contributed by atoms with van der Waals surface area (Å²) in [6.45, 7) is 3.68. The van der Waals surface area contributed by atoms with Gasteiger partial charge in [0.2, 0.25) is 5.91 Å². The first-order valence-corrected chi connectivity index (χ1v) is 6.61. The van der Waals surface area contributed by atoms with Crippen molar-refractivity contribution < 1.29 is 4.79 Å². The molecule has 20 heavy (non-hydrogen) atoms. The van der Waals surface area contributed by atoms with Crippen molar-refractivity contribution in [2.45, 2.75) is 19.9 Å². The van der Waals surface area contributed by atoms with Crippen LogP contribution in [0.15, 0.2) is 12.1 Å². The minimum atomic E-state index is -0.366. The highest BCUT2D eigenvalue weighted by atomic mass is 35.5. The highest BCUT2D eigenvalue weighted by Gasteiger charge is 2.30. The van der Waals surface area contributed by atoms with Crippen molar-refractivity contribution >= 4 is 23.2 Å². The minimum Gasteiger partial charge on any atom is -0.324 e. The molecule has 1 aromatic carbocycles. The van der Waals surface area contributed by atoms with Gasteiger partial charge in [-0.2, -0.15) is 5.10 Å². The van der Waals surface area contributed by atoms with Gasteiger partial charge in [-0.05, 0) is 33.0 Å². The van der Waals surface area contributed by atoms with Gasteiger partial charge < -0.3 is 10.6 Å². The first kappa shape index (κ1) is 13.1. The number of likely N-dealkylation sites (N-methyl/N-ethyl adjacent to an activating group) is 1. The lowest BCUT2D eigenvalue weighted by Crippen LogP contribution is -2.23. The van der Waals surface area contributed by atoms with E-state index in [0.29, 0.717) is 16.5 Å². The summed E-state index contributed by atoms with van der Waals surface area (Å²) in [5.74, 6) is 1.34. The smallest absolute Gasteiger partial charge is 0.246 e. The second-order valence-corrected chi connectivity index (χ2v) is 5.13. The standard InChI is InChI=1S/C13H14ClN5O/c1-6-16-7(2)19(18-6)11-5-10-8(4-9(11)14)12(15-3)13(20)17-10/h4-5,12,15H,1-3H3,(H,17,20). The van der Waals surface area contributed by atoms with Crippen molar-refractivity contribution in [1.29, 1.82) is 0 Å². The van der Waals surface area contributed by atoms with E-state index in [-0.39, 0.29) is 11.9 Å². The van der Waals surface area contributed by atoms with Gasteiger partial charge in [0.1, 0.15) is 17.7 Å². The number of aryl methyl sites for hydroxylation is 2. The molecule has 0 saturated carbocycles. The number of halogens is 1. The maximum absolute atomic E-state index is 11.8. The van der Waals surface area contributed by atoms with Crippen LogP contribution >= 0.6 is 11.6 Å². The van der Waals surface area contributed by atoms with Gasteiger partial charge in [-0.25, -0.2) is 9.67 Å². The monoisotopic (exact) mass is 291 g/mol. The molecule has 7 heteroatoms.